The molecule has 158 valence electrons. The van der Waals surface area contributed by atoms with Crippen molar-refractivity contribution in [2.45, 2.75) is 75.7 Å². The molecule has 3 aliphatic rings. The summed E-state index contributed by atoms with van der Waals surface area (Å²) in [5, 5.41) is 9.40. The number of aliphatic hydroxyl groups excluding tert-OH is 1. The summed E-state index contributed by atoms with van der Waals surface area (Å²) in [6, 6.07) is 0. The number of primary amides is 1. The third-order valence-corrected chi connectivity index (χ3v) is 7.30. The first-order valence-corrected chi connectivity index (χ1v) is 10.2. The predicted molar refractivity (Wildman–Crippen MR) is 103 cm³/mol. The topological polar surface area (TPSA) is 111 Å². The highest BCUT2D eigenvalue weighted by Crippen LogP contribution is 2.68. The quantitative estimate of drug-likeness (QED) is 0.227. The molecule has 0 aromatic carbocycles. The van der Waals surface area contributed by atoms with Crippen molar-refractivity contribution in [3.63, 3.8) is 0 Å². The van der Waals surface area contributed by atoms with Crippen molar-refractivity contribution < 1.29 is 28.9 Å². The number of halogens is 1. The third kappa shape index (κ3) is 3.70. The molecule has 3 rings (SSSR count). The van der Waals surface area contributed by atoms with Gasteiger partial charge in [0.25, 0.3) is 0 Å². The van der Waals surface area contributed by atoms with E-state index in [-0.39, 0.29) is 23.4 Å². The summed E-state index contributed by atoms with van der Waals surface area (Å²) < 4.78 is 16.5. The Kier molecular flexibility index (Phi) is 5.85. The Morgan fingerprint density at radius 3 is 2.57 bits per heavy atom. The van der Waals surface area contributed by atoms with Gasteiger partial charge in [-0.1, -0.05) is 11.6 Å². The largest absolute Gasteiger partial charge is 0.412 e. The zero-order valence-electron chi connectivity index (χ0n) is 16.8. The molecule has 3 N–H and O–H groups in total. The van der Waals surface area contributed by atoms with Crippen LogP contribution in [-0.2, 0) is 19.0 Å². The molecule has 2 aliphatic carbocycles. The fraction of sp³-hybridized carbons (Fsp3) is 0.800. The van der Waals surface area contributed by atoms with Gasteiger partial charge >= 0.3 is 12.1 Å². The van der Waals surface area contributed by atoms with Crippen LogP contribution >= 0.6 is 11.6 Å². The summed E-state index contributed by atoms with van der Waals surface area (Å²) >= 11 is 6.38. The van der Waals surface area contributed by atoms with E-state index in [0.29, 0.717) is 19.3 Å². The van der Waals surface area contributed by atoms with Gasteiger partial charge in [0.2, 0.25) is 0 Å². The minimum Gasteiger partial charge on any atom is -0.393 e. The molecule has 1 aliphatic heterocycles. The van der Waals surface area contributed by atoms with Crippen LogP contribution in [0.15, 0.2) is 11.6 Å². The molecule has 1 spiro atoms. The van der Waals surface area contributed by atoms with Crippen molar-refractivity contribution in [3.05, 3.63) is 11.6 Å². The number of epoxide rings is 1. The lowest BCUT2D eigenvalue weighted by molar-refractivity contribution is -0.143. The van der Waals surface area contributed by atoms with Gasteiger partial charge in [-0.15, -0.1) is 11.6 Å². The van der Waals surface area contributed by atoms with Crippen LogP contribution in [0.3, 0.4) is 0 Å². The highest BCUT2D eigenvalue weighted by Gasteiger charge is 2.74. The predicted octanol–water partition coefficient (Wildman–Crippen LogP) is 2.52. The number of aliphatic hydroxyl groups is 1. The Morgan fingerprint density at radius 2 is 2.07 bits per heavy atom. The Morgan fingerprint density at radius 1 is 1.43 bits per heavy atom. The number of allylic oxidation sites excluding steroid dienone is 1. The maximum Gasteiger partial charge on any atom is 0.412 e. The molecule has 0 bridgehead atoms. The Balaban J connectivity index is 1.84. The molecule has 1 heterocycles. The minimum absolute atomic E-state index is 0.0276. The molecular formula is C20H30ClNO6. The summed E-state index contributed by atoms with van der Waals surface area (Å²) in [7, 11) is 1.58. The average molecular weight is 416 g/mol. The van der Waals surface area contributed by atoms with Gasteiger partial charge in [-0.2, -0.15) is 0 Å². The van der Waals surface area contributed by atoms with Crippen molar-refractivity contribution >= 4 is 23.7 Å². The molecule has 0 radical (unpaired) electrons. The van der Waals surface area contributed by atoms with E-state index in [9.17, 15) is 14.7 Å². The van der Waals surface area contributed by atoms with Crippen LogP contribution < -0.4 is 5.73 Å². The Bertz CT molecular complexity index is 680. The van der Waals surface area contributed by atoms with Crippen molar-refractivity contribution in [1.82, 2.24) is 0 Å². The van der Waals surface area contributed by atoms with Crippen molar-refractivity contribution in [2.24, 2.45) is 23.0 Å². The van der Waals surface area contributed by atoms with Gasteiger partial charge < -0.3 is 25.1 Å². The van der Waals surface area contributed by atoms with E-state index in [1.54, 1.807) is 7.11 Å². The first-order valence-electron chi connectivity index (χ1n) is 9.74. The summed E-state index contributed by atoms with van der Waals surface area (Å²) in [6.07, 6.45) is 2.96. The average Bonchev–Trinajstić information content (AvgIpc) is 3.47. The molecule has 3 fully saturated rings. The lowest BCUT2D eigenvalue weighted by Gasteiger charge is -2.46. The van der Waals surface area contributed by atoms with Crippen LogP contribution in [0.25, 0.3) is 0 Å². The standard InChI is InChI=1S/C20H30ClNO6/c1-10(2)5-6-13-19(3,28-13)16-15(26-4)11(7-8-20(16)9-12(20)23)14(21)17(24)27-18(22)25/h5,11-16,23H,6-9H2,1-4H3,(H2,22,25). The van der Waals surface area contributed by atoms with Crippen LogP contribution in [0.5, 0.6) is 0 Å². The van der Waals surface area contributed by atoms with Crippen LogP contribution in [0.2, 0.25) is 0 Å². The van der Waals surface area contributed by atoms with E-state index in [2.05, 4.69) is 10.8 Å². The number of methoxy groups -OCH3 is 1. The molecule has 8 heteroatoms. The number of alkyl halides is 1. The summed E-state index contributed by atoms with van der Waals surface area (Å²) in [5.74, 6) is -1.35. The number of carbonyl (C=O) groups is 2. The number of esters is 1. The first-order chi connectivity index (χ1) is 13.1. The second-order valence-corrected chi connectivity index (χ2v) is 9.25. The van der Waals surface area contributed by atoms with Gasteiger partial charge in [-0.05, 0) is 46.5 Å². The lowest BCUT2D eigenvalue weighted by Crippen LogP contribution is -2.53. The van der Waals surface area contributed by atoms with Crippen LogP contribution in [0.4, 0.5) is 4.79 Å². The second kappa shape index (κ2) is 7.59. The van der Waals surface area contributed by atoms with Gasteiger partial charge in [0, 0.05) is 24.4 Å². The van der Waals surface area contributed by atoms with Gasteiger partial charge in [0.1, 0.15) is 5.38 Å². The molecule has 7 nitrogen and oxygen atoms in total. The number of amides is 1. The number of rotatable bonds is 6. The Hall–Kier alpha value is -1.15. The van der Waals surface area contributed by atoms with Gasteiger partial charge in [-0.25, -0.2) is 9.59 Å². The number of hydrogen-bond donors (Lipinski definition) is 2. The van der Waals surface area contributed by atoms with E-state index >= 15 is 0 Å². The Labute approximate surface area is 170 Å². The molecular weight excluding hydrogens is 386 g/mol. The van der Waals surface area contributed by atoms with Gasteiger partial charge in [-0.3, -0.25) is 0 Å². The molecule has 1 amide bonds. The second-order valence-electron chi connectivity index (χ2n) is 8.78. The highest BCUT2D eigenvalue weighted by atomic mass is 35.5. The zero-order chi connectivity index (χ0) is 20.9. The molecule has 1 saturated heterocycles. The number of carbonyl (C=O) groups excluding carboxylic acids is 2. The lowest BCUT2D eigenvalue weighted by atomic mass is 9.62. The van der Waals surface area contributed by atoms with Crippen molar-refractivity contribution in [2.75, 3.05) is 7.11 Å². The molecule has 2 saturated carbocycles. The summed E-state index contributed by atoms with van der Waals surface area (Å²) in [4.78, 5) is 23.1. The van der Waals surface area contributed by atoms with Crippen molar-refractivity contribution in [1.29, 1.82) is 0 Å². The first kappa shape index (κ1) is 21.6. The maximum atomic E-state index is 12.2. The molecule has 0 aromatic rings. The fourth-order valence-electron chi connectivity index (χ4n) is 5.26. The van der Waals surface area contributed by atoms with E-state index in [1.807, 2.05) is 20.8 Å². The number of hydrogen-bond acceptors (Lipinski definition) is 6. The monoisotopic (exact) mass is 415 g/mol. The highest BCUT2D eigenvalue weighted by molar-refractivity contribution is 6.30. The number of ether oxygens (including phenoxy) is 3. The van der Waals surface area contributed by atoms with E-state index in [0.717, 1.165) is 6.42 Å². The van der Waals surface area contributed by atoms with E-state index in [1.165, 1.54) is 5.57 Å². The van der Waals surface area contributed by atoms with Crippen LogP contribution in [-0.4, -0.2) is 53.6 Å². The van der Waals surface area contributed by atoms with Gasteiger partial charge in [0.05, 0.1) is 23.9 Å². The van der Waals surface area contributed by atoms with Gasteiger partial charge in [0.15, 0.2) is 0 Å². The van der Waals surface area contributed by atoms with Crippen LogP contribution in [0, 0.1) is 17.3 Å². The molecule has 28 heavy (non-hydrogen) atoms. The smallest absolute Gasteiger partial charge is 0.393 e. The van der Waals surface area contributed by atoms with Crippen molar-refractivity contribution in [3.8, 4) is 0 Å². The SMILES string of the molecule is COC1C(C(Cl)C(=O)OC(N)=O)CCC2(CC2O)C1C1(C)OC1CC=C(C)C. The van der Waals surface area contributed by atoms with Crippen LogP contribution in [0.1, 0.15) is 46.5 Å². The third-order valence-electron chi connectivity index (χ3n) is 6.80. The zero-order valence-corrected chi connectivity index (χ0v) is 17.6. The molecule has 8 atom stereocenters. The summed E-state index contributed by atoms with van der Waals surface area (Å²) in [6.45, 7) is 6.14. The minimum atomic E-state index is -1.18. The molecule has 0 aromatic heterocycles. The molecule has 8 unspecified atom stereocenters. The normalized spacial score (nSPS) is 42.6. The fourth-order valence-corrected chi connectivity index (χ4v) is 5.57. The van der Waals surface area contributed by atoms with E-state index in [4.69, 9.17) is 26.8 Å². The maximum absolute atomic E-state index is 12.2. The number of nitrogens with two attached hydrogens (primary N) is 1. The van der Waals surface area contributed by atoms with E-state index < -0.39 is 35.2 Å². The summed E-state index contributed by atoms with van der Waals surface area (Å²) in [5.41, 5.74) is 5.43.